The van der Waals surface area contributed by atoms with Gasteiger partial charge in [0.1, 0.15) is 0 Å². The molecule has 5 heteroatoms. The normalized spacial score (nSPS) is 10.3. The number of Topliss-reactive ketones (excluding diaryl/α,β-unsaturated/α-hetero) is 1. The van der Waals surface area contributed by atoms with Crippen molar-refractivity contribution in [1.82, 2.24) is 0 Å². The first kappa shape index (κ1) is 17.2. The van der Waals surface area contributed by atoms with Crippen molar-refractivity contribution >= 4 is 28.8 Å². The molecule has 0 aliphatic heterocycles. The molecule has 5 nitrogen and oxygen atoms in total. The number of carbonyl (C=O) groups is 2. The molecule has 0 unspecified atom stereocenters. The standard InChI is InChI=1S/C21H19N3O2/c22-17-7-1-4-14(10-17)11-20(25)15-5-3-9-19(13-15)24-21(26)16-6-2-8-18(23)12-16/h1-10,12-13H,11,22-23H2,(H,24,26). The van der Waals surface area contributed by atoms with Crippen molar-refractivity contribution in [3.05, 3.63) is 89.5 Å². The van der Waals surface area contributed by atoms with Gasteiger partial charge in [0, 0.05) is 34.6 Å². The van der Waals surface area contributed by atoms with Crippen LogP contribution in [-0.4, -0.2) is 11.7 Å². The fraction of sp³-hybridized carbons (Fsp3) is 0.0476. The lowest BCUT2D eigenvalue weighted by Gasteiger charge is -2.08. The zero-order valence-electron chi connectivity index (χ0n) is 14.1. The second-order valence-corrected chi connectivity index (χ2v) is 6.01. The minimum atomic E-state index is -0.280. The maximum Gasteiger partial charge on any atom is 0.255 e. The largest absolute Gasteiger partial charge is 0.399 e. The smallest absolute Gasteiger partial charge is 0.255 e. The summed E-state index contributed by atoms with van der Waals surface area (Å²) >= 11 is 0. The molecule has 3 aromatic carbocycles. The summed E-state index contributed by atoms with van der Waals surface area (Å²) in [5.41, 5.74) is 15.0. The maximum atomic E-state index is 12.5. The lowest BCUT2D eigenvalue weighted by Crippen LogP contribution is -2.13. The van der Waals surface area contributed by atoms with E-state index in [4.69, 9.17) is 11.5 Å². The van der Waals surface area contributed by atoms with Crippen molar-refractivity contribution < 1.29 is 9.59 Å². The highest BCUT2D eigenvalue weighted by atomic mass is 16.1. The van der Waals surface area contributed by atoms with E-state index < -0.39 is 0 Å². The first-order valence-electron chi connectivity index (χ1n) is 8.16. The molecule has 0 aliphatic rings. The number of nitrogen functional groups attached to an aromatic ring is 2. The Morgan fingerprint density at radius 1 is 0.769 bits per heavy atom. The Balaban J connectivity index is 1.73. The number of hydrogen-bond acceptors (Lipinski definition) is 4. The molecule has 1 amide bonds. The van der Waals surface area contributed by atoms with E-state index in [-0.39, 0.29) is 18.1 Å². The van der Waals surface area contributed by atoms with Crippen molar-refractivity contribution in [3.8, 4) is 0 Å². The van der Waals surface area contributed by atoms with Gasteiger partial charge >= 0.3 is 0 Å². The highest BCUT2D eigenvalue weighted by molar-refractivity contribution is 6.05. The van der Waals surface area contributed by atoms with Crippen LogP contribution in [0.15, 0.2) is 72.8 Å². The summed E-state index contributed by atoms with van der Waals surface area (Å²) in [6.07, 6.45) is 0.248. The fourth-order valence-corrected chi connectivity index (χ4v) is 2.64. The van der Waals surface area contributed by atoms with Gasteiger partial charge in [-0.1, -0.05) is 30.3 Å². The summed E-state index contributed by atoms with van der Waals surface area (Å²) in [5.74, 6) is -0.326. The second kappa shape index (κ2) is 7.53. The van der Waals surface area contributed by atoms with Crippen LogP contribution < -0.4 is 16.8 Å². The third kappa shape index (κ3) is 4.27. The summed E-state index contributed by atoms with van der Waals surface area (Å²) in [6, 6.07) is 20.8. The van der Waals surface area contributed by atoms with Crippen molar-refractivity contribution in [2.75, 3.05) is 16.8 Å². The van der Waals surface area contributed by atoms with Crippen molar-refractivity contribution in [2.24, 2.45) is 0 Å². The van der Waals surface area contributed by atoms with Crippen molar-refractivity contribution in [2.45, 2.75) is 6.42 Å². The number of nitrogens with two attached hydrogens (primary N) is 2. The number of ketones is 1. The van der Waals surface area contributed by atoms with Crippen LogP contribution in [0, 0.1) is 0 Å². The van der Waals surface area contributed by atoms with E-state index in [0.29, 0.717) is 28.2 Å². The molecule has 0 radical (unpaired) electrons. The number of hydrogen-bond donors (Lipinski definition) is 3. The van der Waals surface area contributed by atoms with Gasteiger partial charge in [-0.3, -0.25) is 9.59 Å². The molecule has 130 valence electrons. The van der Waals surface area contributed by atoms with Crippen LogP contribution in [0.3, 0.4) is 0 Å². The van der Waals surface area contributed by atoms with Crippen molar-refractivity contribution in [3.63, 3.8) is 0 Å². The average molecular weight is 345 g/mol. The summed E-state index contributed by atoms with van der Waals surface area (Å²) in [4.78, 5) is 24.8. The van der Waals surface area contributed by atoms with E-state index in [1.807, 2.05) is 12.1 Å². The molecule has 0 bridgehead atoms. The maximum absolute atomic E-state index is 12.5. The topological polar surface area (TPSA) is 98.2 Å². The van der Waals surface area contributed by atoms with Crippen LogP contribution in [-0.2, 0) is 6.42 Å². The van der Waals surface area contributed by atoms with E-state index in [0.717, 1.165) is 5.56 Å². The molecule has 0 aromatic heterocycles. The lowest BCUT2D eigenvalue weighted by molar-refractivity contribution is 0.0990. The Kier molecular flexibility index (Phi) is 4.99. The number of rotatable bonds is 5. The third-order valence-electron chi connectivity index (χ3n) is 3.91. The fourth-order valence-electron chi connectivity index (χ4n) is 2.64. The molecule has 3 rings (SSSR count). The van der Waals surface area contributed by atoms with Gasteiger partial charge in [-0.05, 0) is 48.0 Å². The van der Waals surface area contributed by atoms with Gasteiger partial charge in [0.05, 0.1) is 0 Å². The van der Waals surface area contributed by atoms with E-state index in [1.165, 1.54) is 0 Å². The number of nitrogens with one attached hydrogen (secondary N) is 1. The number of benzene rings is 3. The zero-order chi connectivity index (χ0) is 18.5. The molecular weight excluding hydrogens is 326 g/mol. The molecular formula is C21H19N3O2. The van der Waals surface area contributed by atoms with Crippen LogP contribution in [0.1, 0.15) is 26.3 Å². The SMILES string of the molecule is Nc1cccc(CC(=O)c2cccc(NC(=O)c3cccc(N)c3)c2)c1. The van der Waals surface area contributed by atoms with Gasteiger partial charge < -0.3 is 16.8 Å². The predicted molar refractivity (Wildman–Crippen MR) is 104 cm³/mol. The first-order chi connectivity index (χ1) is 12.5. The van der Waals surface area contributed by atoms with Crippen LogP contribution in [0.4, 0.5) is 17.1 Å². The molecule has 0 saturated carbocycles. The monoisotopic (exact) mass is 345 g/mol. The van der Waals surface area contributed by atoms with Crippen LogP contribution in [0.5, 0.6) is 0 Å². The molecule has 0 atom stereocenters. The van der Waals surface area contributed by atoms with Crippen LogP contribution in [0.2, 0.25) is 0 Å². The summed E-state index contributed by atoms with van der Waals surface area (Å²) in [7, 11) is 0. The predicted octanol–water partition coefficient (Wildman–Crippen LogP) is 3.53. The molecule has 0 aliphatic carbocycles. The van der Waals surface area contributed by atoms with Gasteiger partial charge in [0.2, 0.25) is 0 Å². The summed E-state index contributed by atoms with van der Waals surface area (Å²) in [5, 5.41) is 2.79. The van der Waals surface area contributed by atoms with Gasteiger partial charge in [0.25, 0.3) is 5.91 Å². The Labute approximate surface area is 151 Å². The number of anilines is 3. The van der Waals surface area contributed by atoms with E-state index in [9.17, 15) is 9.59 Å². The summed E-state index contributed by atoms with van der Waals surface area (Å²) in [6.45, 7) is 0. The number of carbonyl (C=O) groups excluding carboxylic acids is 2. The van der Waals surface area contributed by atoms with E-state index >= 15 is 0 Å². The molecule has 0 spiro atoms. The van der Waals surface area contributed by atoms with E-state index in [2.05, 4.69) is 5.32 Å². The molecule has 0 fully saturated rings. The Morgan fingerprint density at radius 2 is 1.42 bits per heavy atom. The minimum Gasteiger partial charge on any atom is -0.399 e. The molecule has 5 N–H and O–H groups in total. The minimum absolute atomic E-state index is 0.0457. The highest BCUT2D eigenvalue weighted by Crippen LogP contribution is 2.16. The summed E-state index contributed by atoms with van der Waals surface area (Å²) < 4.78 is 0. The van der Waals surface area contributed by atoms with Gasteiger partial charge in [0.15, 0.2) is 5.78 Å². The van der Waals surface area contributed by atoms with Crippen molar-refractivity contribution in [1.29, 1.82) is 0 Å². The Morgan fingerprint density at radius 3 is 2.15 bits per heavy atom. The zero-order valence-corrected chi connectivity index (χ0v) is 14.1. The Bertz CT molecular complexity index is 967. The Hall–Kier alpha value is -3.60. The third-order valence-corrected chi connectivity index (χ3v) is 3.91. The van der Waals surface area contributed by atoms with E-state index in [1.54, 1.807) is 60.7 Å². The van der Waals surface area contributed by atoms with Gasteiger partial charge in [-0.2, -0.15) is 0 Å². The van der Waals surface area contributed by atoms with Crippen LogP contribution >= 0.6 is 0 Å². The quantitative estimate of drug-likeness (QED) is 0.487. The molecule has 0 saturated heterocycles. The lowest BCUT2D eigenvalue weighted by atomic mass is 10.0. The van der Waals surface area contributed by atoms with Crippen LogP contribution in [0.25, 0.3) is 0 Å². The van der Waals surface area contributed by atoms with Gasteiger partial charge in [-0.15, -0.1) is 0 Å². The van der Waals surface area contributed by atoms with Gasteiger partial charge in [-0.25, -0.2) is 0 Å². The first-order valence-corrected chi connectivity index (χ1v) is 8.16. The highest BCUT2D eigenvalue weighted by Gasteiger charge is 2.10. The second-order valence-electron chi connectivity index (χ2n) is 6.01. The number of amides is 1. The average Bonchev–Trinajstić information content (AvgIpc) is 2.62. The molecule has 0 heterocycles. The molecule has 3 aromatic rings. The molecule has 26 heavy (non-hydrogen) atoms.